The number of aromatic nitrogens is 3. The van der Waals surface area contributed by atoms with Crippen molar-refractivity contribution in [2.75, 3.05) is 22.6 Å². The van der Waals surface area contributed by atoms with Gasteiger partial charge in [-0.2, -0.15) is 5.10 Å². The Morgan fingerprint density at radius 1 is 1.19 bits per heavy atom. The van der Waals surface area contributed by atoms with Gasteiger partial charge in [-0.05, 0) is 13.8 Å². The summed E-state index contributed by atoms with van der Waals surface area (Å²) < 4.78 is 42.2. The Hall–Kier alpha value is -3.56. The first-order valence-corrected chi connectivity index (χ1v) is 9.67. The van der Waals surface area contributed by atoms with Crippen LogP contribution in [-0.4, -0.2) is 33.8 Å². The lowest BCUT2D eigenvalue weighted by Crippen LogP contribution is -2.44. The van der Waals surface area contributed by atoms with Crippen molar-refractivity contribution in [1.82, 2.24) is 14.8 Å². The maximum absolute atomic E-state index is 13.9. The summed E-state index contributed by atoms with van der Waals surface area (Å²) in [6.07, 6.45) is 3.22. The molecule has 0 aliphatic carbocycles. The topological polar surface area (TPSA) is 75.1 Å². The van der Waals surface area contributed by atoms with Crippen molar-refractivity contribution in [2.24, 2.45) is 0 Å². The fourth-order valence-electron chi connectivity index (χ4n) is 3.45. The molecule has 1 aromatic carbocycles. The standard InChI is InChI=1S/C21H21F3N6O/c1-11-20-18(29(3)12(2)21(31)28-20)6-19(27-11)25-7-13-8-26-30(9-13)10-15-16(23)4-14(22)5-17(15)24/h4-6,8-9,12H,7,10H2,1-3H3,(H,25,27)(H,28,31)/t12-/m0/s1. The number of nitrogens with one attached hydrogen (secondary N) is 2. The third-order valence-electron chi connectivity index (χ3n) is 5.35. The highest BCUT2D eigenvalue weighted by molar-refractivity contribution is 6.04. The van der Waals surface area contributed by atoms with Crippen LogP contribution < -0.4 is 15.5 Å². The fourth-order valence-corrected chi connectivity index (χ4v) is 3.45. The van der Waals surface area contributed by atoms with Crippen LogP contribution in [0.5, 0.6) is 0 Å². The van der Waals surface area contributed by atoms with E-state index in [9.17, 15) is 18.0 Å². The zero-order valence-electron chi connectivity index (χ0n) is 17.2. The lowest BCUT2D eigenvalue weighted by atomic mass is 10.1. The highest BCUT2D eigenvalue weighted by Gasteiger charge is 2.28. The first-order chi connectivity index (χ1) is 14.7. The van der Waals surface area contributed by atoms with Gasteiger partial charge in [0, 0.05) is 49.1 Å². The van der Waals surface area contributed by atoms with E-state index in [1.165, 1.54) is 4.68 Å². The molecule has 1 aliphatic rings. The Bertz CT molecular complexity index is 1140. The van der Waals surface area contributed by atoms with E-state index in [4.69, 9.17) is 0 Å². The van der Waals surface area contributed by atoms with Crippen molar-refractivity contribution in [3.8, 4) is 0 Å². The Morgan fingerprint density at radius 3 is 2.61 bits per heavy atom. The number of anilines is 3. The molecule has 0 saturated heterocycles. The molecule has 31 heavy (non-hydrogen) atoms. The average molecular weight is 430 g/mol. The van der Waals surface area contributed by atoms with E-state index in [0.29, 0.717) is 35.9 Å². The van der Waals surface area contributed by atoms with Gasteiger partial charge in [-0.3, -0.25) is 9.48 Å². The smallest absolute Gasteiger partial charge is 0.246 e. The van der Waals surface area contributed by atoms with Gasteiger partial charge in [0.2, 0.25) is 5.91 Å². The molecule has 0 spiro atoms. The van der Waals surface area contributed by atoms with Crippen LogP contribution in [0.1, 0.15) is 23.7 Å². The highest BCUT2D eigenvalue weighted by Crippen LogP contribution is 2.34. The SMILES string of the molecule is Cc1nc(NCc2cnn(Cc3c(F)cc(F)cc3F)c2)cc2c1NC(=O)[C@H](C)N2C. The van der Waals surface area contributed by atoms with Crippen molar-refractivity contribution < 1.29 is 18.0 Å². The van der Waals surface area contributed by atoms with Crippen LogP contribution >= 0.6 is 0 Å². The number of aryl methyl sites for hydroxylation is 1. The number of carbonyl (C=O) groups excluding carboxylic acids is 1. The van der Waals surface area contributed by atoms with Crippen molar-refractivity contribution in [2.45, 2.75) is 33.0 Å². The number of hydrogen-bond acceptors (Lipinski definition) is 5. The summed E-state index contributed by atoms with van der Waals surface area (Å²) in [4.78, 5) is 18.4. The second-order valence-corrected chi connectivity index (χ2v) is 7.51. The maximum Gasteiger partial charge on any atom is 0.246 e. The van der Waals surface area contributed by atoms with Crippen molar-refractivity contribution in [3.05, 3.63) is 64.9 Å². The summed E-state index contributed by atoms with van der Waals surface area (Å²) in [5, 5.41) is 10.2. The van der Waals surface area contributed by atoms with Gasteiger partial charge in [0.05, 0.1) is 29.8 Å². The van der Waals surface area contributed by atoms with Gasteiger partial charge in [0.15, 0.2) is 0 Å². The molecule has 162 valence electrons. The predicted octanol–water partition coefficient (Wildman–Crippen LogP) is 3.44. The summed E-state index contributed by atoms with van der Waals surface area (Å²) in [5.41, 5.74) is 2.75. The molecule has 1 amide bonds. The Morgan fingerprint density at radius 2 is 1.90 bits per heavy atom. The molecule has 0 fully saturated rings. The zero-order chi connectivity index (χ0) is 22.3. The minimum Gasteiger partial charge on any atom is -0.366 e. The van der Waals surface area contributed by atoms with E-state index in [1.54, 1.807) is 12.4 Å². The number of pyridine rings is 1. The lowest BCUT2D eigenvalue weighted by molar-refractivity contribution is -0.117. The Balaban J connectivity index is 1.47. The highest BCUT2D eigenvalue weighted by atomic mass is 19.1. The van der Waals surface area contributed by atoms with Gasteiger partial charge in [0.25, 0.3) is 0 Å². The number of halogens is 3. The van der Waals surface area contributed by atoms with Crippen LogP contribution in [0.25, 0.3) is 0 Å². The minimum absolute atomic E-state index is 0.0814. The van der Waals surface area contributed by atoms with E-state index < -0.39 is 17.5 Å². The molecule has 0 bridgehead atoms. The average Bonchev–Trinajstić information content (AvgIpc) is 3.16. The third-order valence-corrected chi connectivity index (χ3v) is 5.35. The van der Waals surface area contributed by atoms with Crippen molar-refractivity contribution >= 4 is 23.1 Å². The van der Waals surface area contributed by atoms with Gasteiger partial charge in [-0.15, -0.1) is 0 Å². The molecular formula is C21H21F3N6O. The zero-order valence-corrected chi connectivity index (χ0v) is 17.2. The third kappa shape index (κ3) is 4.05. The van der Waals surface area contributed by atoms with E-state index in [-0.39, 0.29) is 24.1 Å². The number of fused-ring (bicyclic) bond motifs is 1. The normalized spacial score (nSPS) is 15.6. The van der Waals surface area contributed by atoms with E-state index in [0.717, 1.165) is 11.3 Å². The molecule has 7 nitrogen and oxygen atoms in total. The number of rotatable bonds is 5. The Labute approximate surface area is 176 Å². The molecule has 1 aliphatic heterocycles. The van der Waals surface area contributed by atoms with E-state index in [2.05, 4.69) is 20.7 Å². The molecule has 1 atom stereocenters. The summed E-state index contributed by atoms with van der Waals surface area (Å²) in [7, 11) is 1.85. The molecular weight excluding hydrogens is 409 g/mol. The first kappa shape index (κ1) is 20.7. The second-order valence-electron chi connectivity index (χ2n) is 7.51. The van der Waals surface area contributed by atoms with Crippen LogP contribution in [0.4, 0.5) is 30.4 Å². The molecule has 10 heteroatoms. The van der Waals surface area contributed by atoms with Gasteiger partial charge in [-0.1, -0.05) is 0 Å². The molecule has 3 aromatic rings. The number of amides is 1. The molecule has 0 saturated carbocycles. The van der Waals surface area contributed by atoms with Crippen LogP contribution in [0, 0.1) is 24.4 Å². The monoisotopic (exact) mass is 430 g/mol. The van der Waals surface area contributed by atoms with Crippen molar-refractivity contribution in [1.29, 1.82) is 0 Å². The van der Waals surface area contributed by atoms with Gasteiger partial charge in [-0.25, -0.2) is 18.2 Å². The Kier molecular flexibility index (Phi) is 5.30. The summed E-state index contributed by atoms with van der Waals surface area (Å²) in [5.74, 6) is -2.33. The molecule has 2 aromatic heterocycles. The minimum atomic E-state index is -0.962. The summed E-state index contributed by atoms with van der Waals surface area (Å²) in [6.45, 7) is 3.86. The molecule has 3 heterocycles. The van der Waals surface area contributed by atoms with E-state index >= 15 is 0 Å². The van der Waals surface area contributed by atoms with Crippen LogP contribution in [-0.2, 0) is 17.9 Å². The van der Waals surface area contributed by atoms with Crippen LogP contribution in [0.15, 0.2) is 30.6 Å². The van der Waals surface area contributed by atoms with Gasteiger partial charge >= 0.3 is 0 Å². The maximum atomic E-state index is 13.9. The largest absolute Gasteiger partial charge is 0.366 e. The lowest BCUT2D eigenvalue weighted by Gasteiger charge is -2.34. The van der Waals surface area contributed by atoms with Crippen LogP contribution in [0.3, 0.4) is 0 Å². The van der Waals surface area contributed by atoms with E-state index in [1.807, 2.05) is 31.9 Å². The van der Waals surface area contributed by atoms with Crippen LogP contribution in [0.2, 0.25) is 0 Å². The number of benzene rings is 1. The fraction of sp³-hybridized carbons (Fsp3) is 0.286. The second kappa shape index (κ2) is 7.93. The number of hydrogen-bond donors (Lipinski definition) is 2. The number of carbonyl (C=O) groups is 1. The number of nitrogens with zero attached hydrogens (tertiary/aromatic N) is 4. The predicted molar refractivity (Wildman–Crippen MR) is 110 cm³/mol. The molecule has 4 rings (SSSR count). The van der Waals surface area contributed by atoms with Gasteiger partial charge in [0.1, 0.15) is 29.3 Å². The quantitative estimate of drug-likeness (QED) is 0.649. The first-order valence-electron chi connectivity index (χ1n) is 9.67. The summed E-state index contributed by atoms with van der Waals surface area (Å²) in [6, 6.07) is 2.85. The molecule has 0 unspecified atom stereocenters. The van der Waals surface area contributed by atoms with Crippen molar-refractivity contribution in [3.63, 3.8) is 0 Å². The molecule has 2 N–H and O–H groups in total. The number of likely N-dealkylation sites (N-methyl/N-ethyl adjacent to an activating group) is 1. The van der Waals surface area contributed by atoms with Gasteiger partial charge < -0.3 is 15.5 Å². The molecule has 0 radical (unpaired) electrons. The summed E-state index contributed by atoms with van der Waals surface area (Å²) >= 11 is 0.